The van der Waals surface area contributed by atoms with E-state index in [4.69, 9.17) is 15.4 Å². The van der Waals surface area contributed by atoms with Gasteiger partial charge in [0.15, 0.2) is 5.69 Å². The van der Waals surface area contributed by atoms with Crippen molar-refractivity contribution in [1.29, 1.82) is 0 Å². The maximum Gasteiger partial charge on any atom is 0.273 e. The van der Waals surface area contributed by atoms with Gasteiger partial charge in [-0.2, -0.15) is 15.4 Å². The highest BCUT2D eigenvalue weighted by Crippen LogP contribution is 2.27. The van der Waals surface area contributed by atoms with E-state index in [1.807, 2.05) is 0 Å². The summed E-state index contributed by atoms with van der Waals surface area (Å²) in [5.74, 6) is -0.300. The molecule has 2 rings (SSSR count). The normalized spacial score (nSPS) is 11.1. The van der Waals surface area contributed by atoms with Crippen LogP contribution >= 0.6 is 10.7 Å². The van der Waals surface area contributed by atoms with E-state index < -0.39 is 15.0 Å². The molecular formula is C11H11ClN4O4S. The molecule has 0 unspecified atom stereocenters. The molecule has 0 saturated heterocycles. The molecule has 0 bridgehead atoms. The number of nitrogens with zero attached hydrogens (tertiary/aromatic N) is 2. The molecule has 21 heavy (non-hydrogen) atoms. The Bertz CT molecular complexity index is 746. The van der Waals surface area contributed by atoms with E-state index in [1.165, 1.54) is 25.4 Å². The summed E-state index contributed by atoms with van der Waals surface area (Å²) < 4.78 is 27.9. The van der Waals surface area contributed by atoms with Gasteiger partial charge in [-0.3, -0.25) is 4.79 Å². The number of amides is 1. The summed E-state index contributed by atoms with van der Waals surface area (Å²) in [4.78, 5) is 11.5. The van der Waals surface area contributed by atoms with Crippen molar-refractivity contribution in [1.82, 2.24) is 20.7 Å². The first kappa shape index (κ1) is 15.3. The second-order valence-electron chi connectivity index (χ2n) is 3.96. The fraction of sp³-hybridized carbons (Fsp3) is 0.182. The average Bonchev–Trinajstić information content (AvgIpc) is 2.97. The second kappa shape index (κ2) is 6.10. The SMILES string of the molecule is COc1ccc(CNC(=O)c2cn[nH]n2)cc1S(=O)(=O)Cl. The molecule has 0 aliphatic rings. The van der Waals surface area contributed by atoms with E-state index in [0.717, 1.165) is 0 Å². The predicted octanol–water partition coefficient (Wildman–Crippen LogP) is 0.671. The van der Waals surface area contributed by atoms with E-state index in [0.29, 0.717) is 5.56 Å². The van der Waals surface area contributed by atoms with Crippen molar-refractivity contribution in [3.63, 3.8) is 0 Å². The van der Waals surface area contributed by atoms with Crippen LogP contribution in [0.3, 0.4) is 0 Å². The molecule has 1 aromatic carbocycles. The van der Waals surface area contributed by atoms with E-state index >= 15 is 0 Å². The zero-order valence-corrected chi connectivity index (χ0v) is 12.4. The van der Waals surface area contributed by atoms with E-state index in [-0.39, 0.29) is 22.9 Å². The summed E-state index contributed by atoms with van der Waals surface area (Å²) in [6.07, 6.45) is 1.28. The van der Waals surface area contributed by atoms with Gasteiger partial charge < -0.3 is 10.1 Å². The Morgan fingerprint density at radius 3 is 2.81 bits per heavy atom. The summed E-state index contributed by atoms with van der Waals surface area (Å²) in [6, 6.07) is 4.42. The third-order valence-corrected chi connectivity index (χ3v) is 3.93. The van der Waals surface area contributed by atoms with Gasteiger partial charge in [-0.15, -0.1) is 0 Å². The number of halogens is 1. The standard InChI is InChI=1S/C11H11ClN4O4S/c1-20-9-3-2-7(4-10(9)21(12,18)19)5-13-11(17)8-6-14-16-15-8/h2-4,6H,5H2,1H3,(H,13,17)(H,14,15,16). The molecule has 0 aliphatic heterocycles. The lowest BCUT2D eigenvalue weighted by Gasteiger charge is -2.09. The minimum atomic E-state index is -3.94. The van der Waals surface area contributed by atoms with Gasteiger partial charge in [0, 0.05) is 17.2 Å². The number of ether oxygens (including phenoxy) is 1. The highest BCUT2D eigenvalue weighted by Gasteiger charge is 2.17. The van der Waals surface area contributed by atoms with Gasteiger partial charge in [0.2, 0.25) is 0 Å². The Morgan fingerprint density at radius 1 is 1.48 bits per heavy atom. The van der Waals surface area contributed by atoms with Crippen molar-refractivity contribution in [2.45, 2.75) is 11.4 Å². The first-order chi connectivity index (χ1) is 9.91. The third kappa shape index (κ3) is 3.70. The van der Waals surface area contributed by atoms with Gasteiger partial charge in [-0.05, 0) is 17.7 Å². The number of rotatable bonds is 5. The van der Waals surface area contributed by atoms with Crippen LogP contribution in [0.15, 0.2) is 29.3 Å². The third-order valence-electron chi connectivity index (χ3n) is 2.59. The molecule has 10 heteroatoms. The zero-order chi connectivity index (χ0) is 15.5. The quantitative estimate of drug-likeness (QED) is 0.779. The van der Waals surface area contributed by atoms with E-state index in [1.54, 1.807) is 6.07 Å². The van der Waals surface area contributed by atoms with Gasteiger partial charge in [-0.25, -0.2) is 8.42 Å². The van der Waals surface area contributed by atoms with Crippen LogP contribution in [0.5, 0.6) is 5.75 Å². The number of hydrogen-bond donors (Lipinski definition) is 2. The zero-order valence-electron chi connectivity index (χ0n) is 10.8. The van der Waals surface area contributed by atoms with Crippen LogP contribution < -0.4 is 10.1 Å². The fourth-order valence-corrected chi connectivity index (χ4v) is 2.65. The number of nitrogens with one attached hydrogen (secondary N) is 2. The average molecular weight is 331 g/mol. The van der Waals surface area contributed by atoms with Crippen LogP contribution in [0.4, 0.5) is 0 Å². The van der Waals surface area contributed by atoms with Crippen molar-refractivity contribution < 1.29 is 17.9 Å². The predicted molar refractivity (Wildman–Crippen MR) is 73.6 cm³/mol. The van der Waals surface area contributed by atoms with Crippen molar-refractivity contribution in [3.05, 3.63) is 35.7 Å². The largest absolute Gasteiger partial charge is 0.495 e. The number of aromatic amines is 1. The van der Waals surface area contributed by atoms with Crippen molar-refractivity contribution in [3.8, 4) is 5.75 Å². The summed E-state index contributed by atoms with van der Waals surface area (Å²) in [5.41, 5.74) is 0.681. The minimum Gasteiger partial charge on any atom is -0.495 e. The Hall–Kier alpha value is -2.13. The molecule has 0 saturated carbocycles. The van der Waals surface area contributed by atoms with Gasteiger partial charge in [0.25, 0.3) is 15.0 Å². The highest BCUT2D eigenvalue weighted by atomic mass is 35.7. The summed E-state index contributed by atoms with van der Waals surface area (Å²) in [7, 11) is 2.74. The fourth-order valence-electron chi connectivity index (χ4n) is 1.61. The van der Waals surface area contributed by atoms with Crippen LogP contribution in [0, 0.1) is 0 Å². The number of carbonyl (C=O) groups is 1. The Morgan fingerprint density at radius 2 is 2.24 bits per heavy atom. The molecule has 1 amide bonds. The number of carbonyl (C=O) groups excluding carboxylic acids is 1. The first-order valence-electron chi connectivity index (χ1n) is 5.67. The molecule has 0 radical (unpaired) electrons. The number of hydrogen-bond acceptors (Lipinski definition) is 6. The number of methoxy groups -OCH3 is 1. The van der Waals surface area contributed by atoms with Gasteiger partial charge in [0.05, 0.1) is 13.3 Å². The molecular weight excluding hydrogens is 320 g/mol. The molecule has 0 spiro atoms. The Kier molecular flexibility index (Phi) is 4.43. The molecule has 1 aromatic heterocycles. The van der Waals surface area contributed by atoms with Crippen LogP contribution in [-0.4, -0.2) is 36.8 Å². The van der Waals surface area contributed by atoms with Crippen LogP contribution in [0.25, 0.3) is 0 Å². The number of benzene rings is 1. The molecule has 1 heterocycles. The Labute approximate surface area is 124 Å². The number of H-pyrrole nitrogens is 1. The lowest BCUT2D eigenvalue weighted by Crippen LogP contribution is -2.23. The summed E-state index contributed by atoms with van der Waals surface area (Å²) in [6.45, 7) is 0.106. The van der Waals surface area contributed by atoms with Crippen LogP contribution in [0.1, 0.15) is 16.1 Å². The maximum absolute atomic E-state index is 11.7. The smallest absolute Gasteiger partial charge is 0.273 e. The van der Waals surface area contributed by atoms with Gasteiger partial charge in [-0.1, -0.05) is 6.07 Å². The summed E-state index contributed by atoms with van der Waals surface area (Å²) in [5, 5.41) is 12.0. The van der Waals surface area contributed by atoms with Gasteiger partial charge >= 0.3 is 0 Å². The molecule has 112 valence electrons. The van der Waals surface area contributed by atoms with Gasteiger partial charge in [0.1, 0.15) is 10.6 Å². The van der Waals surface area contributed by atoms with E-state index in [2.05, 4.69) is 20.7 Å². The minimum absolute atomic E-state index is 0.106. The van der Waals surface area contributed by atoms with Crippen molar-refractivity contribution >= 4 is 25.6 Å². The molecule has 8 nitrogen and oxygen atoms in total. The molecule has 0 fully saturated rings. The van der Waals surface area contributed by atoms with Crippen molar-refractivity contribution in [2.24, 2.45) is 0 Å². The van der Waals surface area contributed by atoms with E-state index in [9.17, 15) is 13.2 Å². The second-order valence-corrected chi connectivity index (χ2v) is 6.50. The molecule has 0 aliphatic carbocycles. The topological polar surface area (TPSA) is 114 Å². The maximum atomic E-state index is 11.7. The van der Waals surface area contributed by atoms with Crippen LogP contribution in [0.2, 0.25) is 0 Å². The lowest BCUT2D eigenvalue weighted by molar-refractivity contribution is 0.0946. The first-order valence-corrected chi connectivity index (χ1v) is 7.98. The molecule has 2 aromatic rings. The molecule has 0 atom stereocenters. The monoisotopic (exact) mass is 330 g/mol. The van der Waals surface area contributed by atoms with Crippen molar-refractivity contribution in [2.75, 3.05) is 7.11 Å². The lowest BCUT2D eigenvalue weighted by atomic mass is 10.2. The summed E-state index contributed by atoms with van der Waals surface area (Å²) >= 11 is 0. The molecule has 2 N–H and O–H groups in total. The Balaban J connectivity index is 2.16. The highest BCUT2D eigenvalue weighted by molar-refractivity contribution is 8.13. The number of aromatic nitrogens is 3. The van der Waals surface area contributed by atoms with Crippen LogP contribution in [-0.2, 0) is 15.6 Å².